The number of carbonyl (C=O) groups is 2. The van der Waals surface area contributed by atoms with E-state index in [-0.39, 0.29) is 17.9 Å². The zero-order valence-electron chi connectivity index (χ0n) is 15.5. The molecule has 2 N–H and O–H groups in total. The second-order valence-electron chi connectivity index (χ2n) is 7.06. The molecule has 3 aromatic rings. The van der Waals surface area contributed by atoms with Crippen molar-refractivity contribution < 1.29 is 9.59 Å². The Labute approximate surface area is 157 Å². The zero-order valence-corrected chi connectivity index (χ0v) is 15.5. The molecule has 2 aromatic carbocycles. The van der Waals surface area contributed by atoms with Gasteiger partial charge in [-0.25, -0.2) is 4.98 Å². The van der Waals surface area contributed by atoms with Crippen LogP contribution in [0.1, 0.15) is 46.7 Å². The lowest BCUT2D eigenvalue weighted by Crippen LogP contribution is -2.27. The Kier molecular flexibility index (Phi) is 4.39. The summed E-state index contributed by atoms with van der Waals surface area (Å²) < 4.78 is 0. The van der Waals surface area contributed by atoms with Crippen molar-refractivity contribution in [1.29, 1.82) is 0 Å². The van der Waals surface area contributed by atoms with Gasteiger partial charge in [-0.15, -0.1) is 0 Å². The van der Waals surface area contributed by atoms with Gasteiger partial charge in [0.05, 0.1) is 23.6 Å². The topological polar surface area (TPSA) is 78.1 Å². The molecule has 6 heteroatoms. The molecule has 138 valence electrons. The van der Waals surface area contributed by atoms with Gasteiger partial charge in [-0.2, -0.15) is 0 Å². The quantitative estimate of drug-likeness (QED) is 0.752. The van der Waals surface area contributed by atoms with E-state index in [9.17, 15) is 9.59 Å². The Morgan fingerprint density at radius 1 is 1.22 bits per heavy atom. The Balaban J connectivity index is 1.55. The summed E-state index contributed by atoms with van der Waals surface area (Å²) in [4.78, 5) is 34.1. The van der Waals surface area contributed by atoms with Crippen LogP contribution in [0.4, 0.5) is 0 Å². The van der Waals surface area contributed by atoms with E-state index in [0.717, 1.165) is 28.0 Å². The molecule has 0 aliphatic carbocycles. The molecule has 2 amide bonds. The first-order valence-corrected chi connectivity index (χ1v) is 9.12. The molecule has 6 nitrogen and oxygen atoms in total. The number of benzene rings is 2. The smallest absolute Gasteiger partial charge is 0.254 e. The lowest BCUT2D eigenvalue weighted by molar-refractivity contribution is -0.121. The van der Waals surface area contributed by atoms with Crippen molar-refractivity contribution in [2.45, 2.75) is 32.4 Å². The molecule has 0 radical (unpaired) electrons. The molecule has 1 aromatic heterocycles. The molecule has 1 aliphatic heterocycles. The van der Waals surface area contributed by atoms with Crippen molar-refractivity contribution in [3.8, 4) is 0 Å². The van der Waals surface area contributed by atoms with Crippen molar-refractivity contribution in [2.24, 2.45) is 0 Å². The third-order valence-corrected chi connectivity index (χ3v) is 5.03. The average Bonchev–Trinajstić information content (AvgIpc) is 3.01. The second-order valence-corrected chi connectivity index (χ2v) is 7.06. The molecule has 0 saturated heterocycles. The highest BCUT2D eigenvalue weighted by Gasteiger charge is 2.21. The summed E-state index contributed by atoms with van der Waals surface area (Å²) in [7, 11) is 1.77. The minimum absolute atomic E-state index is 0.0496. The molecule has 1 atom stereocenters. The van der Waals surface area contributed by atoms with Gasteiger partial charge in [-0.05, 0) is 48.7 Å². The zero-order chi connectivity index (χ0) is 19.0. The number of aromatic nitrogens is 2. The standard InChI is InChI=1S/C21H22N4O2/c1-13-16-11-15(8-7-14(16)9-10-20(26)22-13)21(27)25(2)12-19-23-17-5-3-4-6-18(17)24-19/h3-8,11,13H,9-10,12H2,1-2H3,(H,22,26)(H,23,24). The van der Waals surface area contributed by atoms with E-state index in [1.807, 2.05) is 49.4 Å². The number of fused-ring (bicyclic) bond motifs is 2. The molecule has 1 aliphatic rings. The Bertz CT molecular complexity index is 991. The van der Waals surface area contributed by atoms with Gasteiger partial charge in [-0.3, -0.25) is 9.59 Å². The van der Waals surface area contributed by atoms with Crippen LogP contribution in [0.25, 0.3) is 11.0 Å². The monoisotopic (exact) mass is 362 g/mol. The van der Waals surface area contributed by atoms with Crippen molar-refractivity contribution in [1.82, 2.24) is 20.2 Å². The number of carbonyl (C=O) groups excluding carboxylic acids is 2. The molecule has 2 heterocycles. The predicted octanol–water partition coefficient (Wildman–Crippen LogP) is 2.96. The highest BCUT2D eigenvalue weighted by Crippen LogP contribution is 2.24. The van der Waals surface area contributed by atoms with Crippen molar-refractivity contribution in [3.63, 3.8) is 0 Å². The van der Waals surface area contributed by atoms with Gasteiger partial charge in [0.15, 0.2) is 0 Å². The number of para-hydroxylation sites is 2. The van der Waals surface area contributed by atoms with Crippen LogP contribution in [0, 0.1) is 0 Å². The fourth-order valence-corrected chi connectivity index (χ4v) is 3.60. The average molecular weight is 362 g/mol. The highest BCUT2D eigenvalue weighted by atomic mass is 16.2. The number of rotatable bonds is 3. The van der Waals surface area contributed by atoms with Crippen molar-refractivity contribution in [2.75, 3.05) is 7.05 Å². The van der Waals surface area contributed by atoms with Crippen molar-refractivity contribution >= 4 is 22.8 Å². The van der Waals surface area contributed by atoms with Crippen LogP contribution in [0.15, 0.2) is 42.5 Å². The van der Waals surface area contributed by atoms with Crippen LogP contribution in [0.3, 0.4) is 0 Å². The molecule has 0 fully saturated rings. The van der Waals surface area contributed by atoms with E-state index in [4.69, 9.17) is 0 Å². The maximum absolute atomic E-state index is 12.9. The van der Waals surface area contributed by atoms with Gasteiger partial charge in [0.1, 0.15) is 5.82 Å². The van der Waals surface area contributed by atoms with E-state index in [0.29, 0.717) is 24.9 Å². The summed E-state index contributed by atoms with van der Waals surface area (Å²) in [5, 5.41) is 2.97. The summed E-state index contributed by atoms with van der Waals surface area (Å²) >= 11 is 0. The third-order valence-electron chi connectivity index (χ3n) is 5.03. The summed E-state index contributed by atoms with van der Waals surface area (Å²) in [5.41, 5.74) is 4.61. The molecular weight excluding hydrogens is 340 g/mol. The third kappa shape index (κ3) is 3.43. The minimum Gasteiger partial charge on any atom is -0.350 e. The number of imidazole rings is 1. The van der Waals surface area contributed by atoms with Crippen LogP contribution in [-0.4, -0.2) is 33.7 Å². The van der Waals surface area contributed by atoms with Crippen LogP contribution < -0.4 is 5.32 Å². The van der Waals surface area contributed by atoms with E-state index >= 15 is 0 Å². The number of amides is 2. The fourth-order valence-electron chi connectivity index (χ4n) is 3.60. The SMILES string of the molecule is CC1NC(=O)CCc2ccc(C(=O)N(C)Cc3nc4ccccc4[nH]3)cc21. The van der Waals surface area contributed by atoms with Gasteiger partial charge in [-0.1, -0.05) is 18.2 Å². The predicted molar refractivity (Wildman–Crippen MR) is 103 cm³/mol. The molecule has 0 spiro atoms. The van der Waals surface area contributed by atoms with Crippen LogP contribution in [0.5, 0.6) is 0 Å². The first-order valence-electron chi connectivity index (χ1n) is 9.12. The van der Waals surface area contributed by atoms with Crippen LogP contribution in [-0.2, 0) is 17.8 Å². The Morgan fingerprint density at radius 3 is 2.85 bits per heavy atom. The van der Waals surface area contributed by atoms with Crippen molar-refractivity contribution in [3.05, 3.63) is 65.0 Å². The maximum atomic E-state index is 12.9. The van der Waals surface area contributed by atoms with Gasteiger partial charge >= 0.3 is 0 Å². The summed E-state index contributed by atoms with van der Waals surface area (Å²) in [6, 6.07) is 13.4. The van der Waals surface area contributed by atoms with Gasteiger partial charge in [0.2, 0.25) is 5.91 Å². The van der Waals surface area contributed by atoms with Gasteiger partial charge in [0, 0.05) is 19.0 Å². The van der Waals surface area contributed by atoms with E-state index < -0.39 is 0 Å². The Morgan fingerprint density at radius 2 is 2.04 bits per heavy atom. The number of aromatic amines is 1. The molecule has 0 saturated carbocycles. The molecular formula is C21H22N4O2. The second kappa shape index (κ2) is 6.87. The molecule has 1 unspecified atom stereocenters. The molecule has 0 bridgehead atoms. The van der Waals surface area contributed by atoms with E-state index in [1.54, 1.807) is 11.9 Å². The van der Waals surface area contributed by atoms with Crippen LogP contribution >= 0.6 is 0 Å². The highest BCUT2D eigenvalue weighted by molar-refractivity contribution is 5.94. The van der Waals surface area contributed by atoms with E-state index in [2.05, 4.69) is 15.3 Å². The number of aryl methyl sites for hydroxylation is 1. The number of nitrogens with zero attached hydrogens (tertiary/aromatic N) is 2. The fraction of sp³-hybridized carbons (Fsp3) is 0.286. The number of nitrogens with one attached hydrogen (secondary N) is 2. The Hall–Kier alpha value is -3.15. The number of H-pyrrole nitrogens is 1. The lowest BCUT2D eigenvalue weighted by atomic mass is 9.97. The number of hydrogen-bond acceptors (Lipinski definition) is 3. The number of hydrogen-bond donors (Lipinski definition) is 2. The summed E-state index contributed by atoms with van der Waals surface area (Å²) in [6.45, 7) is 2.35. The largest absolute Gasteiger partial charge is 0.350 e. The lowest BCUT2D eigenvalue weighted by Gasteiger charge is -2.19. The molecule has 4 rings (SSSR count). The minimum atomic E-state index is -0.0940. The first-order chi connectivity index (χ1) is 13.0. The summed E-state index contributed by atoms with van der Waals surface area (Å²) in [5.74, 6) is 0.733. The van der Waals surface area contributed by atoms with Crippen LogP contribution in [0.2, 0.25) is 0 Å². The molecule has 27 heavy (non-hydrogen) atoms. The normalized spacial score (nSPS) is 16.5. The van der Waals surface area contributed by atoms with Gasteiger partial charge < -0.3 is 15.2 Å². The summed E-state index contributed by atoms with van der Waals surface area (Å²) in [6.07, 6.45) is 1.19. The van der Waals surface area contributed by atoms with E-state index in [1.165, 1.54) is 0 Å². The van der Waals surface area contributed by atoms with Gasteiger partial charge in [0.25, 0.3) is 5.91 Å². The maximum Gasteiger partial charge on any atom is 0.254 e. The first kappa shape index (κ1) is 17.3.